The van der Waals surface area contributed by atoms with E-state index in [9.17, 15) is 35.6 Å². The van der Waals surface area contributed by atoms with Crippen molar-refractivity contribution in [2.75, 3.05) is 27.2 Å². The second kappa shape index (κ2) is 10.8. The molecule has 13 heteroatoms. The van der Waals surface area contributed by atoms with E-state index in [0.717, 1.165) is 29.3 Å². The van der Waals surface area contributed by atoms with Crippen LogP contribution in [0, 0.1) is 40.4 Å². The van der Waals surface area contributed by atoms with Gasteiger partial charge in [0.15, 0.2) is 33.1 Å². The second-order valence-electron chi connectivity index (χ2n) is 12.2. The van der Waals surface area contributed by atoms with Crippen molar-refractivity contribution < 1.29 is 44.8 Å². The highest BCUT2D eigenvalue weighted by molar-refractivity contribution is 7.93. The van der Waals surface area contributed by atoms with Gasteiger partial charge in [-0.3, -0.25) is 14.4 Å². The molecule has 234 valence electrons. The van der Waals surface area contributed by atoms with Crippen LogP contribution in [0.3, 0.4) is 0 Å². The lowest BCUT2D eigenvalue weighted by molar-refractivity contribution is -0.180. The number of hydrogen-bond donors (Lipinski definition) is 0. The molecule has 0 N–H and O–H groups in total. The third-order valence-corrected chi connectivity index (χ3v) is 12.3. The Morgan fingerprint density at radius 2 is 1.63 bits per heavy atom. The van der Waals surface area contributed by atoms with Crippen molar-refractivity contribution in [2.24, 2.45) is 11.3 Å². The molecule has 3 fully saturated rings. The number of carbonyl (C=O) groups is 2. The van der Waals surface area contributed by atoms with Crippen LogP contribution in [0.2, 0.25) is 0 Å². The van der Waals surface area contributed by atoms with Gasteiger partial charge in [0.2, 0.25) is 5.91 Å². The lowest BCUT2D eigenvalue weighted by Gasteiger charge is -2.37. The summed E-state index contributed by atoms with van der Waals surface area (Å²) in [5.74, 6) is -11.3. The molecule has 4 unspecified atom stereocenters. The normalized spacial score (nSPS) is 26.9. The lowest BCUT2D eigenvalue weighted by atomic mass is 9.78. The summed E-state index contributed by atoms with van der Waals surface area (Å²) >= 11 is 0. The minimum absolute atomic E-state index is 0.00973. The summed E-state index contributed by atoms with van der Waals surface area (Å²) in [5.41, 5.74) is -1.85. The average Bonchev–Trinajstić information content (AvgIpc) is 3.71. The van der Waals surface area contributed by atoms with Crippen molar-refractivity contribution in [3.63, 3.8) is 0 Å². The smallest absolute Gasteiger partial charge is 0.252 e. The molecule has 2 amide bonds. The zero-order valence-electron chi connectivity index (χ0n) is 24.2. The summed E-state index contributed by atoms with van der Waals surface area (Å²) in [5, 5.41) is 1.01. The molecule has 2 aliphatic carbocycles. The van der Waals surface area contributed by atoms with E-state index in [1.54, 1.807) is 0 Å². The Labute approximate surface area is 246 Å². The summed E-state index contributed by atoms with van der Waals surface area (Å²) < 4.78 is 98.7. The molecule has 2 bridgehead atoms. The van der Waals surface area contributed by atoms with Gasteiger partial charge in [-0.1, -0.05) is 13.8 Å². The van der Waals surface area contributed by atoms with Crippen LogP contribution in [-0.2, 0) is 24.3 Å². The fraction of sp³-hybridized carbons (Fsp3) is 0.533. The van der Waals surface area contributed by atoms with Gasteiger partial charge < -0.3 is 4.90 Å². The maximum atomic E-state index is 15.1. The first-order valence-electron chi connectivity index (χ1n) is 14.1. The minimum atomic E-state index is -4.29. The molecule has 43 heavy (non-hydrogen) atoms. The summed E-state index contributed by atoms with van der Waals surface area (Å²) in [4.78, 5) is 33.9. The van der Waals surface area contributed by atoms with Gasteiger partial charge in [0.05, 0.1) is 28.1 Å². The number of carbonyl (C=O) groups excluding carboxylic acids is 2. The van der Waals surface area contributed by atoms with Gasteiger partial charge in [-0.25, -0.2) is 35.4 Å². The predicted octanol–water partition coefficient (Wildman–Crippen LogP) is 5.24. The molecule has 1 heterocycles. The third-order valence-electron chi connectivity index (χ3n) is 9.69. The number of amides is 2. The van der Waals surface area contributed by atoms with Crippen LogP contribution in [0.15, 0.2) is 29.2 Å². The zero-order valence-corrected chi connectivity index (χ0v) is 25.0. The Bertz CT molecular complexity index is 1580. The number of hydroxylamine groups is 2. The van der Waals surface area contributed by atoms with E-state index in [1.165, 1.54) is 32.9 Å². The van der Waals surface area contributed by atoms with Crippen molar-refractivity contribution in [1.82, 2.24) is 9.96 Å². The highest BCUT2D eigenvalue weighted by atomic mass is 32.2. The number of hydrogen-bond acceptors (Lipinski definition) is 5. The number of halogens is 5. The molecule has 1 saturated heterocycles. The molecule has 0 spiro atoms. The Kier molecular flexibility index (Phi) is 7.90. The minimum Gasteiger partial charge on any atom is -0.342 e. The molecule has 5 rings (SSSR count). The number of benzene rings is 2. The number of fused-ring (bicyclic) bond motifs is 2. The summed E-state index contributed by atoms with van der Waals surface area (Å²) in [6, 6.07) is 4.27. The second-order valence-corrected chi connectivity index (χ2v) is 14.5. The summed E-state index contributed by atoms with van der Waals surface area (Å²) in [6.45, 7) is 2.89. The van der Waals surface area contributed by atoms with E-state index in [0.29, 0.717) is 0 Å². The number of rotatable bonds is 7. The highest BCUT2D eigenvalue weighted by Crippen LogP contribution is 2.65. The molecular weight excluding hydrogens is 595 g/mol. The van der Waals surface area contributed by atoms with Gasteiger partial charge in [0.25, 0.3) is 5.91 Å². The van der Waals surface area contributed by atoms with Crippen LogP contribution in [-0.4, -0.2) is 62.2 Å². The molecule has 4 atom stereocenters. The number of likely N-dealkylation sites (tertiary alicyclic amines) is 1. The largest absolute Gasteiger partial charge is 0.342 e. The molecule has 2 aromatic rings. The van der Waals surface area contributed by atoms with Gasteiger partial charge in [-0.05, 0) is 62.3 Å². The maximum absolute atomic E-state index is 15.1. The number of nitrogens with zero attached hydrogens (tertiary/aromatic N) is 2. The van der Waals surface area contributed by atoms with Crippen molar-refractivity contribution in [2.45, 2.75) is 67.4 Å². The van der Waals surface area contributed by atoms with E-state index >= 15 is 4.39 Å². The zero-order chi connectivity index (χ0) is 31.6. The van der Waals surface area contributed by atoms with E-state index in [1.807, 2.05) is 0 Å². The molecule has 3 aliphatic rings. The predicted molar refractivity (Wildman–Crippen MR) is 145 cm³/mol. The molecule has 2 aromatic carbocycles. The Morgan fingerprint density at radius 3 is 2.23 bits per heavy atom. The van der Waals surface area contributed by atoms with Crippen LogP contribution in [0.25, 0.3) is 0 Å². The van der Waals surface area contributed by atoms with E-state index in [2.05, 4.69) is 0 Å². The summed E-state index contributed by atoms with van der Waals surface area (Å²) in [6.07, 6.45) is 0.0350. The van der Waals surface area contributed by atoms with Gasteiger partial charge in [-0.15, -0.1) is 0 Å². The Morgan fingerprint density at radius 1 is 1.00 bits per heavy atom. The molecular formula is C30H33F5N2O5S. The first kappa shape index (κ1) is 31.4. The van der Waals surface area contributed by atoms with E-state index in [4.69, 9.17) is 4.84 Å². The van der Waals surface area contributed by atoms with Crippen LogP contribution in [0.1, 0.15) is 68.9 Å². The van der Waals surface area contributed by atoms with Gasteiger partial charge in [0.1, 0.15) is 5.82 Å². The van der Waals surface area contributed by atoms with Crippen LogP contribution < -0.4 is 0 Å². The number of sulfone groups is 1. The molecule has 1 aliphatic heterocycles. The quantitative estimate of drug-likeness (QED) is 0.138. The van der Waals surface area contributed by atoms with Gasteiger partial charge >= 0.3 is 0 Å². The fourth-order valence-corrected chi connectivity index (χ4v) is 9.92. The summed E-state index contributed by atoms with van der Waals surface area (Å²) in [7, 11) is -1.60. The topological polar surface area (TPSA) is 84.0 Å². The van der Waals surface area contributed by atoms with Gasteiger partial charge in [-0.2, -0.15) is 0 Å². The average molecular weight is 629 g/mol. The maximum Gasteiger partial charge on any atom is 0.252 e. The monoisotopic (exact) mass is 628 g/mol. The molecule has 2 saturated carbocycles. The molecule has 0 radical (unpaired) electrons. The Hall–Kier alpha value is -3.06. The van der Waals surface area contributed by atoms with Crippen LogP contribution in [0.5, 0.6) is 0 Å². The fourth-order valence-electron chi connectivity index (χ4n) is 7.56. The highest BCUT2D eigenvalue weighted by Gasteiger charge is 2.71. The third kappa shape index (κ3) is 4.65. The first-order valence-corrected chi connectivity index (χ1v) is 15.6. The Balaban J connectivity index is 1.53. The van der Waals surface area contributed by atoms with Crippen molar-refractivity contribution in [1.29, 1.82) is 0 Å². The van der Waals surface area contributed by atoms with E-state index < -0.39 is 78.7 Å². The van der Waals surface area contributed by atoms with Crippen molar-refractivity contribution in [3.8, 4) is 0 Å². The van der Waals surface area contributed by atoms with Crippen LogP contribution >= 0.6 is 0 Å². The van der Waals surface area contributed by atoms with Gasteiger partial charge in [0, 0.05) is 37.2 Å². The van der Waals surface area contributed by atoms with E-state index in [-0.39, 0.29) is 61.2 Å². The van der Waals surface area contributed by atoms with Crippen molar-refractivity contribution in [3.05, 3.63) is 64.5 Å². The standard InChI is InChI=1S/C30H33F5N2O5S/c1-16(2)21-22(24(33)26(35)25(34)23(21)32)17-9-12-37(14-17)27(38)20-13-29(28(39)36(3)42-4)10-11-30(20,15-29)43(40,41)19-7-5-18(31)6-8-19/h5-8,16-17,20H,9-15H2,1-4H3. The van der Waals surface area contributed by atoms with Crippen molar-refractivity contribution >= 4 is 21.7 Å². The van der Waals surface area contributed by atoms with Crippen LogP contribution in [0.4, 0.5) is 22.0 Å². The first-order chi connectivity index (χ1) is 20.1. The molecule has 0 aromatic heterocycles. The molecule has 7 nitrogen and oxygen atoms in total. The SMILES string of the molecule is CON(C)C(=O)C12CCC(S(=O)(=O)c3ccc(F)cc3)(C1)C(C(=O)N1CCC(c3c(F)c(F)c(F)c(F)c3C(C)C)C1)C2. The lowest BCUT2D eigenvalue weighted by Crippen LogP contribution is -2.49.